The van der Waals surface area contributed by atoms with E-state index in [1.165, 1.54) is 12.7 Å². The van der Waals surface area contributed by atoms with Crippen molar-refractivity contribution in [1.29, 1.82) is 0 Å². The molecule has 0 atom stereocenters. The number of amides is 1. The molecule has 0 aromatic carbocycles. The van der Waals surface area contributed by atoms with Gasteiger partial charge in [-0.05, 0) is 25.0 Å². The van der Waals surface area contributed by atoms with Crippen LogP contribution in [0.15, 0.2) is 27.8 Å². The van der Waals surface area contributed by atoms with E-state index in [9.17, 15) is 9.90 Å². The molecular weight excluding hydrogens is 320 g/mol. The zero-order valence-electron chi connectivity index (χ0n) is 14.9. The maximum atomic E-state index is 12.3. The van der Waals surface area contributed by atoms with Crippen LogP contribution in [-0.4, -0.2) is 72.1 Å². The van der Waals surface area contributed by atoms with Crippen LogP contribution < -0.4 is 5.32 Å². The van der Waals surface area contributed by atoms with Gasteiger partial charge >= 0.3 is 0 Å². The molecule has 1 aromatic heterocycles. The first-order chi connectivity index (χ1) is 12.1. The molecule has 7 nitrogen and oxygen atoms in total. The monoisotopic (exact) mass is 348 g/mol. The molecule has 1 saturated carbocycles. The van der Waals surface area contributed by atoms with Crippen molar-refractivity contribution in [3.63, 3.8) is 0 Å². The molecule has 2 N–H and O–H groups in total. The third-order valence-electron chi connectivity index (χ3n) is 5.17. The molecule has 2 aliphatic rings. The zero-order chi connectivity index (χ0) is 17.7. The van der Waals surface area contributed by atoms with Crippen molar-refractivity contribution in [3.05, 3.63) is 24.2 Å². The third-order valence-corrected chi connectivity index (χ3v) is 5.17. The summed E-state index contributed by atoms with van der Waals surface area (Å²) in [6, 6.07) is 3.42. The number of piperazine rings is 1. The largest absolute Gasteiger partial charge is 0.459 e. The molecule has 2 fully saturated rings. The van der Waals surface area contributed by atoms with Crippen molar-refractivity contribution in [2.24, 2.45) is 4.99 Å². The van der Waals surface area contributed by atoms with Crippen LogP contribution in [0.5, 0.6) is 0 Å². The Morgan fingerprint density at radius 1 is 1.24 bits per heavy atom. The van der Waals surface area contributed by atoms with Crippen LogP contribution in [0.4, 0.5) is 0 Å². The van der Waals surface area contributed by atoms with Crippen molar-refractivity contribution in [2.75, 3.05) is 39.8 Å². The first kappa shape index (κ1) is 17.8. The van der Waals surface area contributed by atoms with Crippen LogP contribution in [0.25, 0.3) is 0 Å². The van der Waals surface area contributed by atoms with Gasteiger partial charge in [0, 0.05) is 39.8 Å². The highest BCUT2D eigenvalue weighted by molar-refractivity contribution is 5.91. The summed E-state index contributed by atoms with van der Waals surface area (Å²) in [7, 11) is 1.76. The van der Waals surface area contributed by atoms with Gasteiger partial charge in [0.15, 0.2) is 11.7 Å². The van der Waals surface area contributed by atoms with E-state index in [4.69, 9.17) is 4.42 Å². The summed E-state index contributed by atoms with van der Waals surface area (Å²) in [6.07, 6.45) is 6.60. The normalized spacial score (nSPS) is 21.3. The minimum atomic E-state index is -0.620. The summed E-state index contributed by atoms with van der Waals surface area (Å²) in [5.74, 6) is 1.11. The van der Waals surface area contributed by atoms with Crippen molar-refractivity contribution in [1.82, 2.24) is 15.1 Å². The summed E-state index contributed by atoms with van der Waals surface area (Å²) in [6.45, 7) is 3.22. The van der Waals surface area contributed by atoms with Crippen molar-refractivity contribution in [2.45, 2.75) is 37.7 Å². The molecular formula is C18H28N4O3. The molecule has 2 heterocycles. The number of rotatable bonds is 3. The van der Waals surface area contributed by atoms with E-state index in [-0.39, 0.29) is 5.91 Å². The number of nitrogens with one attached hydrogen (secondary N) is 1. The number of nitrogens with zero attached hydrogens (tertiary/aromatic N) is 3. The van der Waals surface area contributed by atoms with Gasteiger partial charge in [0.05, 0.1) is 11.9 Å². The number of aliphatic hydroxyl groups is 1. The lowest BCUT2D eigenvalue weighted by molar-refractivity contribution is 0.00796. The summed E-state index contributed by atoms with van der Waals surface area (Å²) in [5.41, 5.74) is -0.620. The molecule has 7 heteroatoms. The second-order valence-corrected chi connectivity index (χ2v) is 6.94. The predicted molar refractivity (Wildman–Crippen MR) is 95.6 cm³/mol. The van der Waals surface area contributed by atoms with Gasteiger partial charge in [0.25, 0.3) is 5.91 Å². The maximum Gasteiger partial charge on any atom is 0.289 e. The van der Waals surface area contributed by atoms with Gasteiger partial charge in [-0.15, -0.1) is 0 Å². The molecule has 25 heavy (non-hydrogen) atoms. The summed E-state index contributed by atoms with van der Waals surface area (Å²) in [5, 5.41) is 14.0. The van der Waals surface area contributed by atoms with Crippen molar-refractivity contribution in [3.8, 4) is 0 Å². The van der Waals surface area contributed by atoms with Crippen LogP contribution in [0.1, 0.15) is 42.7 Å². The van der Waals surface area contributed by atoms with Gasteiger partial charge in [0.2, 0.25) is 0 Å². The van der Waals surface area contributed by atoms with E-state index in [0.29, 0.717) is 38.5 Å². The quantitative estimate of drug-likeness (QED) is 0.636. The van der Waals surface area contributed by atoms with Gasteiger partial charge in [-0.1, -0.05) is 19.3 Å². The number of carbonyl (C=O) groups is 1. The van der Waals surface area contributed by atoms with Crippen LogP contribution in [0.2, 0.25) is 0 Å². The van der Waals surface area contributed by atoms with E-state index in [2.05, 4.69) is 15.2 Å². The fourth-order valence-electron chi connectivity index (χ4n) is 3.64. The van der Waals surface area contributed by atoms with Crippen molar-refractivity contribution >= 4 is 11.9 Å². The van der Waals surface area contributed by atoms with E-state index in [1.807, 2.05) is 0 Å². The lowest BCUT2D eigenvalue weighted by Gasteiger charge is -2.38. The van der Waals surface area contributed by atoms with E-state index in [1.54, 1.807) is 24.1 Å². The summed E-state index contributed by atoms with van der Waals surface area (Å²) in [4.78, 5) is 20.6. The molecule has 1 aromatic rings. The second-order valence-electron chi connectivity index (χ2n) is 6.94. The Bertz CT molecular complexity index is 585. The molecule has 138 valence electrons. The molecule has 0 radical (unpaired) electrons. The number of hydrogen-bond donors (Lipinski definition) is 2. The number of aliphatic imine (C=N–C) groups is 1. The van der Waals surface area contributed by atoms with Gasteiger partial charge in [-0.3, -0.25) is 9.79 Å². The summed E-state index contributed by atoms with van der Waals surface area (Å²) < 4.78 is 5.19. The van der Waals surface area contributed by atoms with Gasteiger partial charge in [-0.2, -0.15) is 0 Å². The van der Waals surface area contributed by atoms with Crippen LogP contribution in [-0.2, 0) is 0 Å². The predicted octanol–water partition coefficient (Wildman–Crippen LogP) is 1.31. The first-order valence-electron chi connectivity index (χ1n) is 9.12. The Kier molecular flexibility index (Phi) is 5.63. The lowest BCUT2D eigenvalue weighted by atomic mass is 9.85. The topological polar surface area (TPSA) is 81.3 Å². The average molecular weight is 348 g/mol. The fraction of sp³-hybridized carbons (Fsp3) is 0.667. The Labute approximate surface area is 148 Å². The first-order valence-corrected chi connectivity index (χ1v) is 9.12. The number of furan rings is 1. The highest BCUT2D eigenvalue weighted by atomic mass is 16.3. The third kappa shape index (κ3) is 4.34. The smallest absolute Gasteiger partial charge is 0.289 e. The molecule has 0 spiro atoms. The van der Waals surface area contributed by atoms with Gasteiger partial charge in [-0.25, -0.2) is 0 Å². The molecule has 1 amide bonds. The van der Waals surface area contributed by atoms with Gasteiger partial charge < -0.3 is 24.6 Å². The molecule has 0 bridgehead atoms. The zero-order valence-corrected chi connectivity index (χ0v) is 14.9. The Balaban J connectivity index is 1.49. The fourth-order valence-corrected chi connectivity index (χ4v) is 3.64. The van der Waals surface area contributed by atoms with Crippen LogP contribution in [0, 0.1) is 0 Å². The highest BCUT2D eigenvalue weighted by Gasteiger charge is 2.30. The van der Waals surface area contributed by atoms with E-state index in [0.717, 1.165) is 31.6 Å². The number of guanidine groups is 1. The lowest BCUT2D eigenvalue weighted by Crippen LogP contribution is -2.55. The second kappa shape index (κ2) is 7.91. The van der Waals surface area contributed by atoms with Gasteiger partial charge in [0.1, 0.15) is 0 Å². The SMILES string of the molecule is CN=C(NCC1(O)CCCCC1)N1CCN(C(=O)c2ccco2)CC1. The molecule has 0 unspecified atom stereocenters. The highest BCUT2D eigenvalue weighted by Crippen LogP contribution is 2.27. The molecule has 1 aliphatic heterocycles. The minimum Gasteiger partial charge on any atom is -0.459 e. The van der Waals surface area contributed by atoms with Crippen LogP contribution in [0.3, 0.4) is 0 Å². The van der Waals surface area contributed by atoms with Crippen LogP contribution >= 0.6 is 0 Å². The molecule has 1 saturated heterocycles. The van der Waals surface area contributed by atoms with Crippen molar-refractivity contribution < 1.29 is 14.3 Å². The molecule has 1 aliphatic carbocycles. The maximum absolute atomic E-state index is 12.3. The summed E-state index contributed by atoms with van der Waals surface area (Å²) >= 11 is 0. The number of carbonyl (C=O) groups excluding carboxylic acids is 1. The Hall–Kier alpha value is -2.02. The van der Waals surface area contributed by atoms with E-state index < -0.39 is 5.60 Å². The number of hydrogen-bond acceptors (Lipinski definition) is 4. The minimum absolute atomic E-state index is 0.0656. The molecule has 3 rings (SSSR count). The average Bonchev–Trinajstić information content (AvgIpc) is 3.17. The Morgan fingerprint density at radius 3 is 2.52 bits per heavy atom. The standard InChI is InChI=1S/C18H28N4O3/c1-19-17(20-14-18(24)7-3-2-4-8-18)22-11-9-21(10-12-22)16(23)15-6-5-13-25-15/h5-6,13,24H,2-4,7-12,14H2,1H3,(H,19,20). The Morgan fingerprint density at radius 2 is 1.92 bits per heavy atom. The van der Waals surface area contributed by atoms with E-state index >= 15 is 0 Å².